The second-order valence-corrected chi connectivity index (χ2v) is 6.10. The molecule has 0 spiro atoms. The molecule has 0 bridgehead atoms. The van der Waals surface area contributed by atoms with Gasteiger partial charge >= 0.3 is 0 Å². The maximum Gasteiger partial charge on any atom is 0.261 e. The maximum absolute atomic E-state index is 13.0. The molecule has 0 saturated heterocycles. The summed E-state index contributed by atoms with van der Waals surface area (Å²) in [5.41, 5.74) is 2.21. The average Bonchev–Trinajstić information content (AvgIpc) is 3.25. The highest BCUT2D eigenvalue weighted by Crippen LogP contribution is 2.20. The molecule has 0 unspecified atom stereocenters. The van der Waals surface area contributed by atoms with E-state index in [0.29, 0.717) is 22.7 Å². The molecule has 4 aromatic heterocycles. The number of hydrogen-bond acceptors (Lipinski definition) is 7. The first-order valence-electron chi connectivity index (χ1n) is 8.71. The van der Waals surface area contributed by atoms with Crippen molar-refractivity contribution >= 4 is 0 Å². The van der Waals surface area contributed by atoms with Gasteiger partial charge in [-0.2, -0.15) is 0 Å². The Balaban J connectivity index is 1.66. The Hall–Kier alpha value is -3.88. The largest absolute Gasteiger partial charge is 0.482 e. The van der Waals surface area contributed by atoms with E-state index in [-0.39, 0.29) is 23.9 Å². The third kappa shape index (κ3) is 3.75. The van der Waals surface area contributed by atoms with Crippen molar-refractivity contribution in [2.24, 2.45) is 0 Å². The van der Waals surface area contributed by atoms with Gasteiger partial charge in [-0.1, -0.05) is 6.07 Å². The van der Waals surface area contributed by atoms with Crippen LogP contribution in [-0.4, -0.2) is 31.8 Å². The third-order valence-corrected chi connectivity index (χ3v) is 4.29. The van der Waals surface area contributed by atoms with Gasteiger partial charge in [0.1, 0.15) is 0 Å². The number of hydrogen-bond donors (Lipinski definition) is 0. The van der Waals surface area contributed by atoms with Gasteiger partial charge in [0.2, 0.25) is 11.8 Å². The molecule has 4 rings (SSSR count). The number of ether oxygens (including phenoxy) is 1. The van der Waals surface area contributed by atoms with Crippen LogP contribution in [-0.2, 0) is 13.2 Å². The van der Waals surface area contributed by atoms with E-state index >= 15 is 0 Å². The van der Waals surface area contributed by atoms with E-state index in [1.807, 2.05) is 6.07 Å². The minimum Gasteiger partial charge on any atom is -0.482 e. The van der Waals surface area contributed by atoms with Crippen LogP contribution in [0, 0.1) is 0 Å². The minimum atomic E-state index is -0.825. The average molecular weight is 393 g/mol. The Labute approximate surface area is 164 Å². The Bertz CT molecular complexity index is 1170. The summed E-state index contributed by atoms with van der Waals surface area (Å²) in [7, 11) is 1.50. The lowest BCUT2D eigenvalue weighted by molar-refractivity contribution is 0.370. The smallest absolute Gasteiger partial charge is 0.261 e. The van der Waals surface area contributed by atoms with Crippen molar-refractivity contribution in [2.45, 2.75) is 13.2 Å². The molecule has 29 heavy (non-hydrogen) atoms. The summed E-state index contributed by atoms with van der Waals surface area (Å²) in [6.07, 6.45) is 4.82. The molecule has 8 nitrogen and oxygen atoms in total. The summed E-state index contributed by atoms with van der Waals surface area (Å²) < 4.78 is 24.6. The number of halogens is 1. The molecule has 0 aliphatic heterocycles. The van der Waals surface area contributed by atoms with Gasteiger partial charge in [-0.05, 0) is 30.3 Å². The minimum absolute atomic E-state index is 0.0902. The zero-order chi connectivity index (χ0) is 20.2. The molecule has 0 radical (unpaired) electrons. The molecule has 0 atom stereocenters. The Morgan fingerprint density at radius 3 is 2.66 bits per heavy atom. The molecule has 0 aromatic carbocycles. The van der Waals surface area contributed by atoms with E-state index in [1.165, 1.54) is 17.9 Å². The van der Waals surface area contributed by atoms with Crippen LogP contribution in [0.5, 0.6) is 5.88 Å². The predicted octanol–water partition coefficient (Wildman–Crippen LogP) is 2.88. The van der Waals surface area contributed by atoms with Gasteiger partial charge < -0.3 is 9.15 Å². The molecule has 0 N–H and O–H groups in total. The molecule has 0 amide bonds. The van der Waals surface area contributed by atoms with Crippen molar-refractivity contribution in [3.63, 3.8) is 0 Å². The van der Waals surface area contributed by atoms with Crippen LogP contribution in [0.4, 0.5) is 4.39 Å². The van der Waals surface area contributed by atoms with Crippen LogP contribution >= 0.6 is 0 Å². The van der Waals surface area contributed by atoms with Crippen LogP contribution in [0.3, 0.4) is 0 Å². The Morgan fingerprint density at radius 1 is 1.10 bits per heavy atom. The lowest BCUT2D eigenvalue weighted by atomic mass is 10.1. The molecule has 4 heterocycles. The van der Waals surface area contributed by atoms with Gasteiger partial charge in [-0.15, -0.1) is 10.2 Å². The van der Waals surface area contributed by atoms with E-state index in [2.05, 4.69) is 20.2 Å². The summed E-state index contributed by atoms with van der Waals surface area (Å²) in [6.45, 7) is -0.621. The van der Waals surface area contributed by atoms with Crippen LogP contribution < -0.4 is 10.3 Å². The molecule has 0 saturated carbocycles. The van der Waals surface area contributed by atoms with Gasteiger partial charge in [-0.3, -0.25) is 19.3 Å². The quantitative estimate of drug-likeness (QED) is 0.497. The normalized spacial score (nSPS) is 10.8. The lowest BCUT2D eigenvalue weighted by Crippen LogP contribution is -2.24. The first kappa shape index (κ1) is 18.5. The zero-order valence-electron chi connectivity index (χ0n) is 15.4. The molecule has 146 valence electrons. The fourth-order valence-corrected chi connectivity index (χ4v) is 2.86. The summed E-state index contributed by atoms with van der Waals surface area (Å²) in [6, 6.07) is 10.5. The number of rotatable bonds is 6. The first-order valence-corrected chi connectivity index (χ1v) is 8.71. The number of pyridine rings is 3. The van der Waals surface area contributed by atoms with Crippen LogP contribution in [0.2, 0.25) is 0 Å². The van der Waals surface area contributed by atoms with Gasteiger partial charge in [0.15, 0.2) is 12.6 Å². The molecular formula is C20H16FN5O3. The maximum atomic E-state index is 13.0. The standard InChI is InChI=1S/C20H16FN5O3/c1-28-18-7-6-16(13-3-2-8-22-10-13)20(27)26(18)12-15-5-4-14(11-23-15)19-25-24-17(9-21)29-19/h2-8,10-11H,9,12H2,1H3. The van der Waals surface area contributed by atoms with Crippen LogP contribution in [0.15, 0.2) is 64.2 Å². The van der Waals surface area contributed by atoms with E-state index in [1.54, 1.807) is 42.7 Å². The van der Waals surface area contributed by atoms with Crippen molar-refractivity contribution in [1.82, 2.24) is 24.7 Å². The first-order chi connectivity index (χ1) is 14.2. The van der Waals surface area contributed by atoms with Gasteiger partial charge in [0.25, 0.3) is 5.56 Å². The zero-order valence-corrected chi connectivity index (χ0v) is 15.4. The highest BCUT2D eigenvalue weighted by Gasteiger charge is 2.13. The van der Waals surface area contributed by atoms with Gasteiger partial charge in [0, 0.05) is 29.7 Å². The van der Waals surface area contributed by atoms with E-state index in [0.717, 1.165) is 5.56 Å². The summed E-state index contributed by atoms with van der Waals surface area (Å²) in [5, 5.41) is 7.37. The van der Waals surface area contributed by atoms with Crippen LogP contribution in [0.25, 0.3) is 22.6 Å². The lowest BCUT2D eigenvalue weighted by Gasteiger charge is -2.13. The summed E-state index contributed by atoms with van der Waals surface area (Å²) in [5.74, 6) is 0.510. The second kappa shape index (κ2) is 8.01. The van der Waals surface area contributed by atoms with E-state index in [9.17, 15) is 9.18 Å². The molecule has 9 heteroatoms. The fourth-order valence-electron chi connectivity index (χ4n) is 2.86. The molecule has 0 aliphatic carbocycles. The van der Waals surface area contributed by atoms with Crippen LogP contribution in [0.1, 0.15) is 11.6 Å². The third-order valence-electron chi connectivity index (χ3n) is 4.29. The summed E-state index contributed by atoms with van der Waals surface area (Å²) >= 11 is 0. The van der Waals surface area contributed by atoms with Crippen molar-refractivity contribution < 1.29 is 13.5 Å². The Morgan fingerprint density at radius 2 is 2.00 bits per heavy atom. The second-order valence-electron chi connectivity index (χ2n) is 6.10. The number of methoxy groups -OCH3 is 1. The molecule has 0 aliphatic rings. The number of aromatic nitrogens is 5. The van der Waals surface area contributed by atoms with Gasteiger partial charge in [-0.25, -0.2) is 4.39 Å². The highest BCUT2D eigenvalue weighted by molar-refractivity contribution is 5.61. The molecule has 4 aromatic rings. The van der Waals surface area contributed by atoms with Crippen molar-refractivity contribution in [2.75, 3.05) is 7.11 Å². The topological polar surface area (TPSA) is 95.9 Å². The number of alkyl halides is 1. The van der Waals surface area contributed by atoms with E-state index in [4.69, 9.17) is 9.15 Å². The van der Waals surface area contributed by atoms with Crippen molar-refractivity contribution in [3.8, 4) is 28.5 Å². The highest BCUT2D eigenvalue weighted by atomic mass is 19.1. The Kier molecular flexibility index (Phi) is 5.10. The molecule has 0 fully saturated rings. The summed E-state index contributed by atoms with van der Waals surface area (Å²) in [4.78, 5) is 21.5. The monoisotopic (exact) mass is 393 g/mol. The molecular weight excluding hydrogens is 377 g/mol. The van der Waals surface area contributed by atoms with Crippen molar-refractivity contribution in [1.29, 1.82) is 0 Å². The van der Waals surface area contributed by atoms with E-state index < -0.39 is 6.67 Å². The fraction of sp³-hybridized carbons (Fsp3) is 0.150. The SMILES string of the molecule is COc1ccc(-c2cccnc2)c(=O)n1Cc1ccc(-c2nnc(CF)o2)cn1. The van der Waals surface area contributed by atoms with Crippen molar-refractivity contribution in [3.05, 3.63) is 76.9 Å². The van der Waals surface area contributed by atoms with Gasteiger partial charge in [0.05, 0.1) is 24.9 Å². The number of nitrogens with zero attached hydrogens (tertiary/aromatic N) is 5. The predicted molar refractivity (Wildman–Crippen MR) is 102 cm³/mol.